The number of carbonyl (C=O) groups excluding carboxylic acids is 1. The summed E-state index contributed by atoms with van der Waals surface area (Å²) < 4.78 is 4.60. The lowest BCUT2D eigenvalue weighted by atomic mass is 9.93. The molecule has 3 rings (SSSR count). The van der Waals surface area contributed by atoms with E-state index in [1.807, 2.05) is 18.2 Å². The molecule has 1 N–H and O–H groups in total. The fourth-order valence-corrected chi connectivity index (χ4v) is 2.82. The van der Waals surface area contributed by atoms with Gasteiger partial charge in [0.2, 0.25) is 4.51 Å². The normalized spacial score (nSPS) is 25.6. The molecule has 0 spiro atoms. The highest BCUT2D eigenvalue weighted by atomic mass is 79.9. The molecule has 2 atom stereocenters. The number of ether oxygens (including phenoxy) is 1. The van der Waals surface area contributed by atoms with Crippen molar-refractivity contribution in [2.45, 2.75) is 10.6 Å². The maximum atomic E-state index is 12.2. The summed E-state index contributed by atoms with van der Waals surface area (Å²) >= 11 is 3.39. The van der Waals surface area contributed by atoms with Gasteiger partial charge in [-0.05, 0) is 28.1 Å². The highest BCUT2D eigenvalue weighted by molar-refractivity contribution is 9.09. The Morgan fingerprint density at radius 1 is 1.05 bits per heavy atom. The molecule has 0 fully saturated rings. The van der Waals surface area contributed by atoms with Crippen LogP contribution in [0.2, 0.25) is 0 Å². The van der Waals surface area contributed by atoms with Crippen molar-refractivity contribution in [2.24, 2.45) is 0 Å². The molecule has 4 heteroatoms. The fraction of sp³-hybridized carbons (Fsp3) is 0.133. The van der Waals surface area contributed by atoms with Crippen molar-refractivity contribution in [3.05, 3.63) is 65.7 Å². The minimum atomic E-state index is -1.29. The molecule has 1 aliphatic heterocycles. The first kappa shape index (κ1) is 12.4. The van der Waals surface area contributed by atoms with Crippen LogP contribution in [0.5, 0.6) is 5.75 Å². The quantitative estimate of drug-likeness (QED) is 0.822. The van der Waals surface area contributed by atoms with Crippen LogP contribution in [0.25, 0.3) is 0 Å². The lowest BCUT2D eigenvalue weighted by Crippen LogP contribution is -2.47. The van der Waals surface area contributed by atoms with Gasteiger partial charge in [-0.25, -0.2) is 0 Å². The van der Waals surface area contributed by atoms with E-state index in [1.54, 1.807) is 36.4 Å². The average Bonchev–Trinajstić information content (AvgIpc) is 2.46. The smallest absolute Gasteiger partial charge is 0.221 e. The molecule has 1 heterocycles. The van der Waals surface area contributed by atoms with E-state index in [0.29, 0.717) is 16.9 Å². The molecule has 2 aromatic carbocycles. The van der Waals surface area contributed by atoms with Crippen LogP contribution >= 0.6 is 15.9 Å². The summed E-state index contributed by atoms with van der Waals surface area (Å²) in [5.74, 6) is 0.126. The van der Waals surface area contributed by atoms with Crippen LogP contribution < -0.4 is 4.74 Å². The first-order valence-electron chi connectivity index (χ1n) is 5.87. The minimum absolute atomic E-state index is 0.345. The van der Waals surface area contributed by atoms with Gasteiger partial charge in [0.15, 0.2) is 11.9 Å². The number of fused-ring (bicyclic) bond motifs is 1. The Balaban J connectivity index is 2.13. The van der Waals surface area contributed by atoms with Crippen molar-refractivity contribution in [3.8, 4) is 5.75 Å². The second-order valence-electron chi connectivity index (χ2n) is 4.38. The standard InChI is InChI=1S/C15H11BrO3/c16-15(10-6-2-1-3-7-10)14(18)13(17)11-8-4-5-9-12(11)19-15/h1-9,14,18H. The molecule has 96 valence electrons. The number of aliphatic hydroxyl groups is 1. The first-order valence-corrected chi connectivity index (χ1v) is 6.67. The van der Waals surface area contributed by atoms with Crippen molar-refractivity contribution in [1.82, 2.24) is 0 Å². The van der Waals surface area contributed by atoms with E-state index in [1.165, 1.54) is 0 Å². The summed E-state index contributed by atoms with van der Waals surface area (Å²) in [6.07, 6.45) is -1.29. The molecular weight excluding hydrogens is 308 g/mol. The van der Waals surface area contributed by atoms with Crippen LogP contribution in [0.1, 0.15) is 15.9 Å². The summed E-state index contributed by atoms with van der Waals surface area (Å²) in [5, 5.41) is 10.3. The zero-order valence-corrected chi connectivity index (χ0v) is 11.5. The van der Waals surface area contributed by atoms with Crippen molar-refractivity contribution in [2.75, 3.05) is 0 Å². The average molecular weight is 319 g/mol. The number of ketones is 1. The topological polar surface area (TPSA) is 46.5 Å². The summed E-state index contributed by atoms with van der Waals surface area (Å²) in [5.41, 5.74) is 1.10. The molecule has 0 saturated carbocycles. The number of para-hydroxylation sites is 1. The molecular formula is C15H11BrO3. The fourth-order valence-electron chi connectivity index (χ4n) is 2.17. The van der Waals surface area contributed by atoms with E-state index in [4.69, 9.17) is 4.74 Å². The van der Waals surface area contributed by atoms with E-state index in [2.05, 4.69) is 15.9 Å². The van der Waals surface area contributed by atoms with Crippen LogP contribution in [0.3, 0.4) is 0 Å². The van der Waals surface area contributed by atoms with Crippen LogP contribution in [0.4, 0.5) is 0 Å². The Hall–Kier alpha value is -1.65. The van der Waals surface area contributed by atoms with Gasteiger partial charge in [0, 0.05) is 5.56 Å². The number of carbonyl (C=O) groups is 1. The van der Waals surface area contributed by atoms with E-state index < -0.39 is 10.6 Å². The van der Waals surface area contributed by atoms with E-state index in [-0.39, 0.29) is 5.78 Å². The molecule has 0 amide bonds. The second kappa shape index (κ2) is 4.47. The minimum Gasteiger partial charge on any atom is -0.468 e. The number of Topliss-reactive ketones (excluding diaryl/α,β-unsaturated/α-hetero) is 1. The largest absolute Gasteiger partial charge is 0.468 e. The van der Waals surface area contributed by atoms with E-state index >= 15 is 0 Å². The maximum absolute atomic E-state index is 12.2. The summed E-state index contributed by atoms with van der Waals surface area (Å²) in [6, 6.07) is 16.1. The molecule has 0 bridgehead atoms. The Bertz CT molecular complexity index is 626. The molecule has 0 aromatic heterocycles. The second-order valence-corrected chi connectivity index (χ2v) is 5.55. The van der Waals surface area contributed by atoms with Crippen LogP contribution in [0.15, 0.2) is 54.6 Å². The van der Waals surface area contributed by atoms with Gasteiger partial charge in [0.1, 0.15) is 5.75 Å². The lowest BCUT2D eigenvalue weighted by Gasteiger charge is -2.37. The number of benzene rings is 2. The molecule has 2 unspecified atom stereocenters. The first-order chi connectivity index (χ1) is 9.13. The number of halogens is 1. The number of rotatable bonds is 1. The Morgan fingerprint density at radius 3 is 2.42 bits per heavy atom. The Morgan fingerprint density at radius 2 is 1.68 bits per heavy atom. The number of hydrogen-bond acceptors (Lipinski definition) is 3. The highest BCUT2D eigenvalue weighted by Gasteiger charge is 2.48. The van der Waals surface area contributed by atoms with Gasteiger partial charge in [0.05, 0.1) is 5.56 Å². The van der Waals surface area contributed by atoms with E-state index in [9.17, 15) is 9.90 Å². The van der Waals surface area contributed by atoms with Gasteiger partial charge in [-0.2, -0.15) is 0 Å². The number of hydrogen-bond donors (Lipinski definition) is 1. The van der Waals surface area contributed by atoms with Crippen molar-refractivity contribution in [1.29, 1.82) is 0 Å². The zero-order valence-electron chi connectivity index (χ0n) is 9.92. The molecule has 1 aliphatic rings. The van der Waals surface area contributed by atoms with Gasteiger partial charge in [-0.15, -0.1) is 0 Å². The maximum Gasteiger partial charge on any atom is 0.221 e. The molecule has 0 saturated heterocycles. The third-order valence-corrected chi connectivity index (χ3v) is 4.23. The molecule has 2 aromatic rings. The Labute approximate surface area is 119 Å². The molecule has 0 aliphatic carbocycles. The van der Waals surface area contributed by atoms with Crippen molar-refractivity contribution < 1.29 is 14.6 Å². The predicted octanol–water partition coefficient (Wildman–Crippen LogP) is 2.87. The SMILES string of the molecule is O=C1c2ccccc2OC(Br)(c2ccccc2)C1O. The van der Waals surface area contributed by atoms with Gasteiger partial charge in [0.25, 0.3) is 0 Å². The third kappa shape index (κ3) is 1.88. The zero-order chi connectivity index (χ0) is 13.5. The Kier molecular flexibility index (Phi) is 2.92. The van der Waals surface area contributed by atoms with E-state index in [0.717, 1.165) is 0 Å². The van der Waals surface area contributed by atoms with Gasteiger partial charge >= 0.3 is 0 Å². The monoisotopic (exact) mass is 318 g/mol. The summed E-state index contributed by atoms with van der Waals surface area (Å²) in [4.78, 5) is 12.2. The van der Waals surface area contributed by atoms with Crippen LogP contribution in [0, 0.1) is 0 Å². The van der Waals surface area contributed by atoms with Gasteiger partial charge in [-0.1, -0.05) is 42.5 Å². The van der Waals surface area contributed by atoms with Gasteiger partial charge in [-0.3, -0.25) is 4.79 Å². The summed E-state index contributed by atoms with van der Waals surface area (Å²) in [6.45, 7) is 0. The van der Waals surface area contributed by atoms with Crippen molar-refractivity contribution >= 4 is 21.7 Å². The third-order valence-electron chi connectivity index (χ3n) is 3.18. The van der Waals surface area contributed by atoms with Crippen LogP contribution in [-0.4, -0.2) is 17.0 Å². The summed E-state index contributed by atoms with van der Waals surface area (Å²) in [7, 11) is 0. The number of aliphatic hydroxyl groups excluding tert-OH is 1. The predicted molar refractivity (Wildman–Crippen MR) is 74.5 cm³/mol. The van der Waals surface area contributed by atoms with Gasteiger partial charge < -0.3 is 9.84 Å². The number of alkyl halides is 1. The lowest BCUT2D eigenvalue weighted by molar-refractivity contribution is 0.00734. The van der Waals surface area contributed by atoms with Crippen LogP contribution in [-0.2, 0) is 4.51 Å². The molecule has 19 heavy (non-hydrogen) atoms. The highest BCUT2D eigenvalue weighted by Crippen LogP contribution is 2.43. The molecule has 0 radical (unpaired) electrons. The van der Waals surface area contributed by atoms with Crippen molar-refractivity contribution in [3.63, 3.8) is 0 Å². The molecule has 3 nitrogen and oxygen atoms in total.